The maximum absolute atomic E-state index is 13.1. The van der Waals surface area contributed by atoms with E-state index >= 15 is 0 Å². The first kappa shape index (κ1) is 9.48. The van der Waals surface area contributed by atoms with Crippen molar-refractivity contribution in [2.75, 3.05) is 13.2 Å². The molecule has 0 saturated carbocycles. The molecule has 0 bridgehead atoms. The second-order valence-corrected chi connectivity index (χ2v) is 2.86. The van der Waals surface area contributed by atoms with Gasteiger partial charge in [-0.3, -0.25) is 0 Å². The van der Waals surface area contributed by atoms with E-state index in [2.05, 4.69) is 0 Å². The van der Waals surface area contributed by atoms with E-state index in [9.17, 15) is 13.2 Å². The summed E-state index contributed by atoms with van der Waals surface area (Å²) >= 11 is 0. The van der Waals surface area contributed by atoms with Gasteiger partial charge >= 0.3 is 0 Å². The molecule has 0 atom stereocenters. The summed E-state index contributed by atoms with van der Waals surface area (Å²) in [6.07, 6.45) is -1.06. The number of ether oxygens (including phenoxy) is 2. The topological polar surface area (TPSA) is 18.5 Å². The molecule has 0 N–H and O–H groups in total. The Bertz CT molecular complexity index is 325. The van der Waals surface area contributed by atoms with Gasteiger partial charge in [-0.1, -0.05) is 0 Å². The van der Waals surface area contributed by atoms with Crippen LogP contribution in [0.1, 0.15) is 11.9 Å². The minimum Gasteiger partial charge on any atom is -0.346 e. The summed E-state index contributed by atoms with van der Waals surface area (Å²) in [5, 5.41) is 0. The minimum absolute atomic E-state index is 0.279. The van der Waals surface area contributed by atoms with Gasteiger partial charge in [0.15, 0.2) is 6.29 Å². The van der Waals surface area contributed by atoms with E-state index in [-0.39, 0.29) is 18.8 Å². The van der Waals surface area contributed by atoms with E-state index in [1.165, 1.54) is 0 Å². The molecule has 0 amide bonds. The molecule has 0 spiro atoms. The van der Waals surface area contributed by atoms with Crippen molar-refractivity contribution in [3.63, 3.8) is 0 Å². The lowest BCUT2D eigenvalue weighted by atomic mass is 10.2. The Hall–Kier alpha value is -1.07. The molecule has 0 aromatic heterocycles. The molecule has 1 aliphatic heterocycles. The van der Waals surface area contributed by atoms with Gasteiger partial charge in [0.25, 0.3) is 0 Å². The zero-order chi connectivity index (χ0) is 10.1. The molecule has 2 nitrogen and oxygen atoms in total. The summed E-state index contributed by atoms with van der Waals surface area (Å²) in [7, 11) is 0. The molecule has 1 aliphatic rings. The van der Waals surface area contributed by atoms with Crippen molar-refractivity contribution in [3.05, 3.63) is 35.1 Å². The standard InChI is InChI=1S/C9H7F3O2/c10-5-3-6(11)8(7(12)4-5)9-13-1-2-14-9/h3-4,9H,1-2H2. The lowest BCUT2D eigenvalue weighted by Crippen LogP contribution is -2.05. The van der Waals surface area contributed by atoms with Gasteiger partial charge < -0.3 is 9.47 Å². The highest BCUT2D eigenvalue weighted by Crippen LogP contribution is 2.28. The Labute approximate surface area is 78.2 Å². The van der Waals surface area contributed by atoms with Crippen LogP contribution in [0.15, 0.2) is 12.1 Å². The maximum Gasteiger partial charge on any atom is 0.189 e. The first-order valence-electron chi connectivity index (χ1n) is 4.06. The molecule has 1 aromatic rings. The fourth-order valence-corrected chi connectivity index (χ4v) is 1.30. The van der Waals surface area contributed by atoms with Crippen LogP contribution < -0.4 is 0 Å². The van der Waals surface area contributed by atoms with Gasteiger partial charge in [0.1, 0.15) is 17.5 Å². The van der Waals surface area contributed by atoms with E-state index in [0.29, 0.717) is 12.1 Å². The van der Waals surface area contributed by atoms with Gasteiger partial charge in [0, 0.05) is 12.1 Å². The van der Waals surface area contributed by atoms with Crippen LogP contribution in [0.2, 0.25) is 0 Å². The predicted molar refractivity (Wildman–Crippen MR) is 41.0 cm³/mol. The highest BCUT2D eigenvalue weighted by Gasteiger charge is 2.26. The van der Waals surface area contributed by atoms with Crippen molar-refractivity contribution in [2.24, 2.45) is 0 Å². The Morgan fingerprint density at radius 1 is 1.00 bits per heavy atom. The van der Waals surface area contributed by atoms with E-state index in [1.807, 2.05) is 0 Å². The molecule has 2 rings (SSSR count). The van der Waals surface area contributed by atoms with Crippen LogP contribution >= 0.6 is 0 Å². The predicted octanol–water partition coefficient (Wildman–Crippen LogP) is 2.15. The van der Waals surface area contributed by atoms with Crippen molar-refractivity contribution in [3.8, 4) is 0 Å². The second-order valence-electron chi connectivity index (χ2n) is 2.86. The lowest BCUT2D eigenvalue weighted by Gasteiger charge is -2.11. The normalized spacial score (nSPS) is 17.6. The summed E-state index contributed by atoms with van der Waals surface area (Å²) in [4.78, 5) is 0. The zero-order valence-corrected chi connectivity index (χ0v) is 7.10. The molecule has 0 aliphatic carbocycles. The average Bonchev–Trinajstić information content (AvgIpc) is 2.54. The highest BCUT2D eigenvalue weighted by molar-refractivity contribution is 5.22. The van der Waals surface area contributed by atoms with Gasteiger partial charge in [-0.05, 0) is 0 Å². The molecule has 76 valence electrons. The van der Waals surface area contributed by atoms with E-state index in [0.717, 1.165) is 0 Å². The largest absolute Gasteiger partial charge is 0.346 e. The maximum atomic E-state index is 13.1. The number of benzene rings is 1. The monoisotopic (exact) mass is 204 g/mol. The minimum atomic E-state index is -1.06. The van der Waals surface area contributed by atoms with Crippen LogP contribution in [0.4, 0.5) is 13.2 Å². The van der Waals surface area contributed by atoms with Gasteiger partial charge in [-0.15, -0.1) is 0 Å². The molecule has 1 heterocycles. The van der Waals surface area contributed by atoms with Crippen LogP contribution in [0.5, 0.6) is 0 Å². The van der Waals surface area contributed by atoms with Crippen LogP contribution in [0.25, 0.3) is 0 Å². The third-order valence-corrected chi connectivity index (χ3v) is 1.90. The zero-order valence-electron chi connectivity index (χ0n) is 7.10. The SMILES string of the molecule is Fc1cc(F)c(C2OCCO2)c(F)c1. The number of hydrogen-bond acceptors (Lipinski definition) is 2. The van der Waals surface area contributed by atoms with Gasteiger partial charge in [-0.2, -0.15) is 0 Å². The molecule has 14 heavy (non-hydrogen) atoms. The van der Waals surface area contributed by atoms with E-state index < -0.39 is 23.7 Å². The molecule has 0 unspecified atom stereocenters. The fourth-order valence-electron chi connectivity index (χ4n) is 1.30. The lowest BCUT2D eigenvalue weighted by molar-refractivity contribution is -0.0490. The average molecular weight is 204 g/mol. The van der Waals surface area contributed by atoms with Crippen molar-refractivity contribution < 1.29 is 22.6 Å². The number of hydrogen-bond donors (Lipinski definition) is 0. The highest BCUT2D eigenvalue weighted by atomic mass is 19.1. The Morgan fingerprint density at radius 3 is 2.00 bits per heavy atom. The molecular weight excluding hydrogens is 197 g/mol. The summed E-state index contributed by atoms with van der Waals surface area (Å²) < 4.78 is 48.6. The van der Waals surface area contributed by atoms with Crippen LogP contribution in [0.3, 0.4) is 0 Å². The second kappa shape index (κ2) is 3.59. The summed E-state index contributed by atoms with van der Waals surface area (Å²) in [5.74, 6) is -2.94. The van der Waals surface area contributed by atoms with Crippen LogP contribution in [-0.2, 0) is 9.47 Å². The number of halogens is 3. The molecule has 1 fully saturated rings. The van der Waals surface area contributed by atoms with Gasteiger partial charge in [-0.25, -0.2) is 13.2 Å². The van der Waals surface area contributed by atoms with Crippen molar-refractivity contribution in [2.45, 2.75) is 6.29 Å². The van der Waals surface area contributed by atoms with Crippen LogP contribution in [-0.4, -0.2) is 13.2 Å². The smallest absolute Gasteiger partial charge is 0.189 e. The quantitative estimate of drug-likeness (QED) is 0.697. The first-order chi connectivity index (χ1) is 6.68. The van der Waals surface area contributed by atoms with Crippen molar-refractivity contribution in [1.29, 1.82) is 0 Å². The summed E-state index contributed by atoms with van der Waals surface area (Å²) in [6.45, 7) is 0.557. The Balaban J connectivity index is 2.40. The van der Waals surface area contributed by atoms with Crippen molar-refractivity contribution in [1.82, 2.24) is 0 Å². The van der Waals surface area contributed by atoms with Gasteiger partial charge in [0.05, 0.1) is 18.8 Å². The molecular formula is C9H7F3O2. The van der Waals surface area contributed by atoms with E-state index in [1.54, 1.807) is 0 Å². The Kier molecular flexibility index (Phi) is 2.43. The third-order valence-electron chi connectivity index (χ3n) is 1.90. The van der Waals surface area contributed by atoms with Crippen LogP contribution in [0, 0.1) is 17.5 Å². The Morgan fingerprint density at radius 2 is 1.50 bits per heavy atom. The van der Waals surface area contributed by atoms with Crippen molar-refractivity contribution >= 4 is 0 Å². The molecule has 0 radical (unpaired) electrons. The summed E-state index contributed by atoms with van der Waals surface area (Å²) in [5.41, 5.74) is -0.371. The molecule has 1 aromatic carbocycles. The third kappa shape index (κ3) is 1.60. The fraction of sp³-hybridized carbons (Fsp3) is 0.333. The molecule has 1 saturated heterocycles. The first-order valence-corrected chi connectivity index (χ1v) is 4.06. The summed E-state index contributed by atoms with van der Waals surface area (Å²) in [6, 6.07) is 1.20. The molecule has 5 heteroatoms. The van der Waals surface area contributed by atoms with E-state index in [4.69, 9.17) is 9.47 Å². The van der Waals surface area contributed by atoms with Gasteiger partial charge in [0.2, 0.25) is 0 Å². The number of rotatable bonds is 1.